The maximum atomic E-state index is 5.42. The van der Waals surface area contributed by atoms with Crippen LogP contribution in [0.2, 0.25) is 0 Å². The van der Waals surface area contributed by atoms with Crippen LogP contribution in [0, 0.1) is 0 Å². The Morgan fingerprint density at radius 1 is 0.389 bits per heavy atom. The molecule has 6 aromatic carbocycles. The summed E-state index contributed by atoms with van der Waals surface area (Å²) in [6.07, 6.45) is 0. The Morgan fingerprint density at radius 2 is 0.833 bits per heavy atom. The van der Waals surface area contributed by atoms with E-state index in [1.54, 1.807) is 0 Å². The van der Waals surface area contributed by atoms with Crippen LogP contribution >= 0.6 is 22.7 Å². The van der Waals surface area contributed by atoms with Gasteiger partial charge in [-0.3, -0.25) is 4.90 Å². The predicted octanol–water partition coefficient (Wildman–Crippen LogP) is 13.4. The second-order valence-corrected chi connectivity index (χ2v) is 15.6. The van der Waals surface area contributed by atoms with Crippen molar-refractivity contribution >= 4 is 39.9 Å². The van der Waals surface area contributed by atoms with E-state index in [1.165, 1.54) is 48.7 Å². The number of aromatic nitrogens is 2. The second kappa shape index (κ2) is 12.3. The summed E-state index contributed by atoms with van der Waals surface area (Å²) >= 11 is 3.70. The minimum atomic E-state index is -0.409. The Bertz CT molecular complexity index is 2630. The fraction of sp³-hybridized carbons (Fsp3) is 0.0204. The van der Waals surface area contributed by atoms with Crippen molar-refractivity contribution in [2.45, 2.75) is 5.41 Å². The maximum absolute atomic E-state index is 5.42. The molecule has 0 amide bonds. The lowest BCUT2D eigenvalue weighted by Crippen LogP contribution is -2.36. The maximum Gasteiger partial charge on any atom is 0.162 e. The first-order valence-electron chi connectivity index (χ1n) is 18.1. The number of nitrogens with zero attached hydrogens (tertiary/aromatic N) is 3. The van der Waals surface area contributed by atoms with Gasteiger partial charge in [0.05, 0.1) is 22.5 Å². The Kier molecular flexibility index (Phi) is 7.12. The van der Waals surface area contributed by atoms with Crippen LogP contribution < -0.4 is 4.90 Å². The summed E-state index contributed by atoms with van der Waals surface area (Å²) in [6, 6.07) is 63.0. The summed E-state index contributed by atoms with van der Waals surface area (Å²) in [4.78, 5) is 15.8. The van der Waals surface area contributed by atoms with E-state index in [0.29, 0.717) is 5.82 Å². The van der Waals surface area contributed by atoms with Crippen LogP contribution in [0.3, 0.4) is 0 Å². The summed E-state index contributed by atoms with van der Waals surface area (Å²) in [7, 11) is 0. The van der Waals surface area contributed by atoms with Gasteiger partial charge in [-0.25, -0.2) is 9.97 Å². The lowest BCUT2D eigenvalue weighted by molar-refractivity contribution is 0.754. The van der Waals surface area contributed by atoms with Crippen molar-refractivity contribution in [2.24, 2.45) is 0 Å². The average Bonchev–Trinajstić information content (AvgIpc) is 3.99. The fourth-order valence-corrected chi connectivity index (χ4v) is 10.6. The number of fused-ring (bicyclic) bond motifs is 9. The van der Waals surface area contributed by atoms with Gasteiger partial charge in [0.1, 0.15) is 5.82 Å². The molecular formula is C49H31N3S2. The highest BCUT2D eigenvalue weighted by Crippen LogP contribution is 2.65. The third-order valence-corrected chi connectivity index (χ3v) is 12.9. The first-order valence-corrected chi connectivity index (χ1v) is 19.9. The largest absolute Gasteiger partial charge is 0.294 e. The number of thiophene rings is 2. The number of hydrogen-bond acceptors (Lipinski definition) is 5. The van der Waals surface area contributed by atoms with Crippen molar-refractivity contribution in [1.82, 2.24) is 9.97 Å². The van der Waals surface area contributed by atoms with Gasteiger partial charge in [0.25, 0.3) is 0 Å². The molecule has 0 fully saturated rings. The number of hydrogen-bond donors (Lipinski definition) is 0. The van der Waals surface area contributed by atoms with Crippen molar-refractivity contribution in [3.63, 3.8) is 0 Å². The summed E-state index contributed by atoms with van der Waals surface area (Å²) in [5, 5.41) is 4.50. The Hall–Kier alpha value is -6.40. The molecule has 0 bridgehead atoms. The monoisotopic (exact) mass is 725 g/mol. The number of para-hydroxylation sites is 2. The zero-order chi connectivity index (χ0) is 35.6. The fourth-order valence-electron chi connectivity index (χ4n) is 8.51. The van der Waals surface area contributed by atoms with Crippen LogP contribution in [0.5, 0.6) is 0 Å². The third-order valence-electron chi connectivity index (χ3n) is 10.9. The van der Waals surface area contributed by atoms with Gasteiger partial charge in [-0.1, -0.05) is 146 Å². The summed E-state index contributed by atoms with van der Waals surface area (Å²) in [6.45, 7) is 0. The molecule has 3 nitrogen and oxygen atoms in total. The molecule has 0 radical (unpaired) electrons. The van der Waals surface area contributed by atoms with Crippen molar-refractivity contribution in [3.05, 3.63) is 209 Å². The molecular weight excluding hydrogens is 695 g/mol. The topological polar surface area (TPSA) is 29.0 Å². The van der Waals surface area contributed by atoms with Crippen molar-refractivity contribution < 1.29 is 0 Å². The Morgan fingerprint density at radius 3 is 1.37 bits per heavy atom. The molecule has 1 aliphatic heterocycles. The first kappa shape index (κ1) is 31.2. The van der Waals surface area contributed by atoms with E-state index in [2.05, 4.69) is 192 Å². The van der Waals surface area contributed by atoms with Gasteiger partial charge in [0, 0.05) is 26.9 Å². The van der Waals surface area contributed by atoms with Crippen molar-refractivity contribution in [1.29, 1.82) is 0 Å². The summed E-state index contributed by atoms with van der Waals surface area (Å²) < 4.78 is 0. The highest BCUT2D eigenvalue weighted by atomic mass is 32.1. The first-order chi connectivity index (χ1) is 26.8. The lowest BCUT2D eigenvalue weighted by atomic mass is 9.65. The molecule has 0 saturated carbocycles. The van der Waals surface area contributed by atoms with Crippen LogP contribution in [-0.4, -0.2) is 9.97 Å². The average molecular weight is 726 g/mol. The summed E-state index contributed by atoms with van der Waals surface area (Å²) in [5.41, 5.74) is 14.7. The zero-order valence-corrected chi connectivity index (χ0v) is 30.7. The van der Waals surface area contributed by atoms with Crippen LogP contribution in [0.15, 0.2) is 187 Å². The predicted molar refractivity (Wildman–Crippen MR) is 225 cm³/mol. The highest BCUT2D eigenvalue weighted by Gasteiger charge is 2.53. The highest BCUT2D eigenvalue weighted by molar-refractivity contribution is 7.21. The van der Waals surface area contributed by atoms with E-state index < -0.39 is 5.41 Å². The Balaban J connectivity index is 1.12. The third kappa shape index (κ3) is 4.65. The molecule has 5 heteroatoms. The van der Waals surface area contributed by atoms with E-state index in [1.807, 2.05) is 22.7 Å². The molecule has 4 heterocycles. The van der Waals surface area contributed by atoms with Gasteiger partial charge in [-0.05, 0) is 79.5 Å². The van der Waals surface area contributed by atoms with Crippen LogP contribution in [0.4, 0.5) is 17.2 Å². The molecule has 1 spiro atoms. The quantitative estimate of drug-likeness (QED) is 0.177. The Labute approximate surface area is 322 Å². The van der Waals surface area contributed by atoms with E-state index in [0.717, 1.165) is 39.6 Å². The van der Waals surface area contributed by atoms with Gasteiger partial charge < -0.3 is 0 Å². The smallest absolute Gasteiger partial charge is 0.162 e. The van der Waals surface area contributed by atoms with E-state index in [4.69, 9.17) is 9.97 Å². The van der Waals surface area contributed by atoms with E-state index in [9.17, 15) is 0 Å². The van der Waals surface area contributed by atoms with Gasteiger partial charge >= 0.3 is 0 Å². The molecule has 54 heavy (non-hydrogen) atoms. The van der Waals surface area contributed by atoms with Crippen LogP contribution in [0.25, 0.3) is 54.7 Å². The van der Waals surface area contributed by atoms with Crippen molar-refractivity contribution in [2.75, 3.05) is 4.90 Å². The van der Waals surface area contributed by atoms with Gasteiger partial charge in [-0.15, -0.1) is 22.7 Å². The molecule has 0 saturated heterocycles. The molecule has 0 unspecified atom stereocenters. The van der Waals surface area contributed by atoms with Gasteiger partial charge in [0.2, 0.25) is 0 Å². The normalized spacial score (nSPS) is 13.3. The van der Waals surface area contributed by atoms with E-state index >= 15 is 0 Å². The van der Waals surface area contributed by atoms with E-state index in [-0.39, 0.29) is 0 Å². The number of benzene rings is 6. The lowest BCUT2D eigenvalue weighted by Gasteiger charge is -2.44. The number of rotatable bonds is 5. The molecule has 3 aromatic heterocycles. The standard InChI is InChI=1S/C49H31N3S2/c1-3-11-32(12-4-1)34-19-23-36(24-20-34)42-31-45(51-48(50-42)37-25-21-35(22-26-37)33-13-5-2-6-14-33)52-43-17-9-7-15-38(43)49(39-16-8-10-18-44(39)52)40-27-29-53-46(40)47-41(49)28-30-54-47/h1-31H. The second-order valence-electron chi connectivity index (χ2n) is 13.8. The molecule has 11 rings (SSSR count). The van der Waals surface area contributed by atoms with Gasteiger partial charge in [0.15, 0.2) is 5.82 Å². The minimum absolute atomic E-state index is 0.409. The minimum Gasteiger partial charge on any atom is -0.294 e. The molecule has 0 N–H and O–H groups in total. The zero-order valence-electron chi connectivity index (χ0n) is 29.1. The van der Waals surface area contributed by atoms with Gasteiger partial charge in [-0.2, -0.15) is 0 Å². The number of anilines is 3. The molecule has 9 aromatic rings. The molecule has 2 aliphatic rings. The molecule has 254 valence electrons. The molecule has 0 atom stereocenters. The SMILES string of the molecule is c1ccc(-c2ccc(-c3cc(N4c5ccccc5C5(c6ccccc64)c4ccsc4-c4sccc45)nc(-c4ccc(-c5ccccc5)cc4)n3)cc2)cc1. The summed E-state index contributed by atoms with van der Waals surface area (Å²) in [5.74, 6) is 1.52. The molecule has 1 aliphatic carbocycles. The van der Waals surface area contributed by atoms with Crippen LogP contribution in [-0.2, 0) is 5.41 Å². The van der Waals surface area contributed by atoms with Crippen molar-refractivity contribution in [3.8, 4) is 54.7 Å². The van der Waals surface area contributed by atoms with Crippen LogP contribution in [0.1, 0.15) is 22.3 Å².